The summed E-state index contributed by atoms with van der Waals surface area (Å²) < 4.78 is 7.06. The molecule has 0 saturated heterocycles. The van der Waals surface area contributed by atoms with Crippen LogP contribution < -0.4 is 4.57 Å². The topological polar surface area (TPSA) is 62.5 Å². The van der Waals surface area contributed by atoms with Crippen LogP contribution in [0.5, 0.6) is 0 Å². The van der Waals surface area contributed by atoms with Crippen molar-refractivity contribution in [2.45, 2.75) is 13.5 Å². The standard InChI is InChI=1S/C11H11N3O2/c1-9-6-11(16-13-9)8-14-4-2-10(3-5-14)7-12-15/h2-7H,8H2,1H3/p+1. The highest BCUT2D eigenvalue weighted by molar-refractivity contribution is 5.78. The minimum atomic E-state index is 0.636. The summed E-state index contributed by atoms with van der Waals surface area (Å²) in [4.78, 5) is 0. The van der Waals surface area contributed by atoms with Gasteiger partial charge in [-0.25, -0.2) is 0 Å². The van der Waals surface area contributed by atoms with E-state index in [-0.39, 0.29) is 0 Å². The maximum atomic E-state index is 8.37. The Labute approximate surface area is 92.6 Å². The predicted octanol–water partition coefficient (Wildman–Crippen LogP) is 1.13. The molecule has 0 atom stereocenters. The van der Waals surface area contributed by atoms with Crippen molar-refractivity contribution in [1.82, 2.24) is 5.16 Å². The van der Waals surface area contributed by atoms with Crippen LogP contribution in [0, 0.1) is 6.92 Å². The zero-order valence-corrected chi connectivity index (χ0v) is 8.87. The minimum Gasteiger partial charge on any atom is -0.411 e. The third-order valence-corrected chi connectivity index (χ3v) is 2.14. The van der Waals surface area contributed by atoms with Crippen molar-refractivity contribution >= 4 is 6.21 Å². The van der Waals surface area contributed by atoms with Crippen LogP contribution in [-0.2, 0) is 6.54 Å². The van der Waals surface area contributed by atoms with Gasteiger partial charge in [0.2, 0.25) is 12.3 Å². The fraction of sp³-hybridized carbons (Fsp3) is 0.182. The molecule has 2 aromatic heterocycles. The molecule has 0 unspecified atom stereocenters. The van der Waals surface area contributed by atoms with Crippen LogP contribution in [0.25, 0.3) is 0 Å². The molecule has 0 aliphatic rings. The van der Waals surface area contributed by atoms with Gasteiger partial charge in [-0.3, -0.25) is 0 Å². The molecule has 2 heterocycles. The number of aryl methyl sites for hydroxylation is 1. The third-order valence-electron chi connectivity index (χ3n) is 2.14. The molecule has 2 rings (SSSR count). The van der Waals surface area contributed by atoms with E-state index in [0.717, 1.165) is 17.0 Å². The Morgan fingerprint density at radius 3 is 2.81 bits per heavy atom. The molecule has 0 amide bonds. The van der Waals surface area contributed by atoms with Gasteiger partial charge in [-0.05, 0) is 6.92 Å². The average Bonchev–Trinajstić information content (AvgIpc) is 2.67. The van der Waals surface area contributed by atoms with Gasteiger partial charge in [-0.2, -0.15) is 4.57 Å². The van der Waals surface area contributed by atoms with Crippen LogP contribution in [0.3, 0.4) is 0 Å². The Kier molecular flexibility index (Phi) is 2.95. The zero-order chi connectivity index (χ0) is 11.4. The number of oxime groups is 1. The number of rotatable bonds is 3. The summed E-state index contributed by atoms with van der Waals surface area (Å²) in [5, 5.41) is 15.1. The molecule has 0 aliphatic carbocycles. The van der Waals surface area contributed by atoms with Gasteiger partial charge in [0.25, 0.3) is 0 Å². The largest absolute Gasteiger partial charge is 0.411 e. The fourth-order valence-corrected chi connectivity index (χ4v) is 1.40. The van der Waals surface area contributed by atoms with Gasteiger partial charge in [0.15, 0.2) is 12.4 Å². The van der Waals surface area contributed by atoms with Gasteiger partial charge in [0.05, 0.1) is 11.9 Å². The first-order valence-electron chi connectivity index (χ1n) is 4.86. The van der Waals surface area contributed by atoms with Crippen molar-refractivity contribution in [3.8, 4) is 0 Å². The molecule has 0 radical (unpaired) electrons. The molecule has 2 aromatic rings. The first-order valence-corrected chi connectivity index (χ1v) is 4.86. The van der Waals surface area contributed by atoms with Gasteiger partial charge in [0, 0.05) is 23.8 Å². The molecule has 0 aromatic carbocycles. The number of nitrogens with zero attached hydrogens (tertiary/aromatic N) is 3. The lowest BCUT2D eigenvalue weighted by Crippen LogP contribution is -2.32. The second kappa shape index (κ2) is 4.57. The van der Waals surface area contributed by atoms with Gasteiger partial charge in [-0.15, -0.1) is 0 Å². The summed E-state index contributed by atoms with van der Waals surface area (Å²) in [6.07, 6.45) is 5.15. The normalized spacial score (nSPS) is 11.1. The number of pyridine rings is 1. The lowest BCUT2D eigenvalue weighted by atomic mass is 10.3. The second-order valence-electron chi connectivity index (χ2n) is 3.48. The lowest BCUT2D eigenvalue weighted by molar-refractivity contribution is -0.690. The minimum absolute atomic E-state index is 0.636. The molecule has 0 spiro atoms. The first kappa shape index (κ1) is 10.4. The lowest BCUT2D eigenvalue weighted by Gasteiger charge is -1.93. The molecule has 0 fully saturated rings. The number of aromatic nitrogens is 2. The highest BCUT2D eigenvalue weighted by atomic mass is 16.5. The Morgan fingerprint density at radius 1 is 1.50 bits per heavy atom. The van der Waals surface area contributed by atoms with E-state index in [9.17, 15) is 0 Å². The van der Waals surface area contributed by atoms with E-state index in [1.54, 1.807) is 0 Å². The van der Waals surface area contributed by atoms with E-state index in [1.807, 2.05) is 42.1 Å². The molecule has 5 heteroatoms. The van der Waals surface area contributed by atoms with E-state index in [2.05, 4.69) is 10.3 Å². The highest BCUT2D eigenvalue weighted by Gasteiger charge is 2.07. The molecular weight excluding hydrogens is 206 g/mol. The fourth-order valence-electron chi connectivity index (χ4n) is 1.40. The van der Waals surface area contributed by atoms with E-state index in [1.165, 1.54) is 6.21 Å². The summed E-state index contributed by atoms with van der Waals surface area (Å²) in [6, 6.07) is 5.60. The predicted molar refractivity (Wildman–Crippen MR) is 56.4 cm³/mol. The Morgan fingerprint density at radius 2 is 2.25 bits per heavy atom. The summed E-state index contributed by atoms with van der Waals surface area (Å²) in [5.74, 6) is 0.811. The van der Waals surface area contributed by atoms with Crippen molar-refractivity contribution in [2.75, 3.05) is 0 Å². The van der Waals surface area contributed by atoms with E-state index in [4.69, 9.17) is 9.73 Å². The highest BCUT2D eigenvalue weighted by Crippen LogP contribution is 2.01. The quantitative estimate of drug-likeness (QED) is 0.363. The summed E-state index contributed by atoms with van der Waals surface area (Å²) in [6.45, 7) is 2.52. The Bertz CT molecular complexity index is 488. The smallest absolute Gasteiger partial charge is 0.208 e. The van der Waals surface area contributed by atoms with Crippen molar-refractivity contribution in [2.24, 2.45) is 5.16 Å². The summed E-state index contributed by atoms with van der Waals surface area (Å²) in [5.41, 5.74) is 1.71. The van der Waals surface area contributed by atoms with Crippen molar-refractivity contribution in [3.63, 3.8) is 0 Å². The number of hydrogen-bond donors (Lipinski definition) is 1. The monoisotopic (exact) mass is 218 g/mol. The summed E-state index contributed by atoms with van der Waals surface area (Å²) in [7, 11) is 0. The van der Waals surface area contributed by atoms with Crippen LogP contribution >= 0.6 is 0 Å². The van der Waals surface area contributed by atoms with Crippen LogP contribution in [0.1, 0.15) is 17.0 Å². The number of hydrogen-bond acceptors (Lipinski definition) is 4. The zero-order valence-electron chi connectivity index (χ0n) is 8.87. The maximum Gasteiger partial charge on any atom is 0.208 e. The van der Waals surface area contributed by atoms with Crippen LogP contribution in [0.2, 0.25) is 0 Å². The molecule has 82 valence electrons. The molecule has 0 aliphatic heterocycles. The Balaban J connectivity index is 2.10. The molecule has 5 nitrogen and oxygen atoms in total. The molecule has 0 saturated carbocycles. The molecule has 16 heavy (non-hydrogen) atoms. The van der Waals surface area contributed by atoms with Crippen molar-refractivity contribution in [3.05, 3.63) is 47.6 Å². The molecule has 0 bridgehead atoms. The van der Waals surface area contributed by atoms with E-state index >= 15 is 0 Å². The summed E-state index contributed by atoms with van der Waals surface area (Å²) >= 11 is 0. The van der Waals surface area contributed by atoms with Crippen LogP contribution in [-0.4, -0.2) is 16.6 Å². The third kappa shape index (κ3) is 2.44. The van der Waals surface area contributed by atoms with Crippen molar-refractivity contribution < 1.29 is 14.3 Å². The van der Waals surface area contributed by atoms with Gasteiger partial charge in [0.1, 0.15) is 0 Å². The van der Waals surface area contributed by atoms with Gasteiger partial charge in [-0.1, -0.05) is 10.3 Å². The maximum absolute atomic E-state index is 8.37. The first-order chi connectivity index (χ1) is 7.78. The van der Waals surface area contributed by atoms with E-state index in [0.29, 0.717) is 6.54 Å². The van der Waals surface area contributed by atoms with Crippen LogP contribution in [0.4, 0.5) is 0 Å². The van der Waals surface area contributed by atoms with Crippen LogP contribution in [0.15, 0.2) is 40.3 Å². The SMILES string of the molecule is Cc1cc(C[n+]2ccc(/C=N/O)cc2)on1. The second-order valence-corrected chi connectivity index (χ2v) is 3.48. The molecular formula is C11H12N3O2+. The van der Waals surface area contributed by atoms with Gasteiger partial charge >= 0.3 is 0 Å². The van der Waals surface area contributed by atoms with Gasteiger partial charge < -0.3 is 9.73 Å². The molecule has 1 N–H and O–H groups in total. The van der Waals surface area contributed by atoms with Crippen molar-refractivity contribution in [1.29, 1.82) is 0 Å². The average molecular weight is 218 g/mol. The Hall–Kier alpha value is -2.17. The van der Waals surface area contributed by atoms with E-state index < -0.39 is 0 Å².